The molecular weight excluding hydrogens is 239 g/mol. The molecule has 1 aliphatic heterocycles. The Morgan fingerprint density at radius 1 is 1.16 bits per heavy atom. The fourth-order valence-corrected chi connectivity index (χ4v) is 2.75. The molecule has 1 aromatic carbocycles. The molecule has 1 heterocycles. The van der Waals surface area contributed by atoms with Gasteiger partial charge in [0.2, 0.25) is 0 Å². The third-order valence-corrected chi connectivity index (χ3v) is 3.71. The number of nitrogens with zero attached hydrogens (tertiary/aromatic N) is 1. The summed E-state index contributed by atoms with van der Waals surface area (Å²) in [5.41, 5.74) is 1.77. The molecule has 0 amide bonds. The standard InChI is InChI=1S/C16H25FN2/c1-11-9-19(10-12(2)18-11)15-7-6-13(8-14(15)17)16(3,4)5/h6-8,11-12,18H,9-10H2,1-5H3/t11-,12+. The summed E-state index contributed by atoms with van der Waals surface area (Å²) >= 11 is 0. The number of hydrogen-bond donors (Lipinski definition) is 1. The van der Waals surface area contributed by atoms with E-state index in [1.165, 1.54) is 0 Å². The van der Waals surface area contributed by atoms with Crippen LogP contribution in [0.4, 0.5) is 10.1 Å². The number of rotatable bonds is 1. The van der Waals surface area contributed by atoms with Gasteiger partial charge in [-0.25, -0.2) is 4.39 Å². The fraction of sp³-hybridized carbons (Fsp3) is 0.625. The second-order valence-electron chi connectivity index (χ2n) is 6.79. The van der Waals surface area contributed by atoms with Crippen LogP contribution in [0.2, 0.25) is 0 Å². The molecule has 3 heteroatoms. The van der Waals surface area contributed by atoms with E-state index >= 15 is 0 Å². The summed E-state index contributed by atoms with van der Waals surface area (Å²) < 4.78 is 14.4. The Hall–Kier alpha value is -1.09. The summed E-state index contributed by atoms with van der Waals surface area (Å²) in [6.07, 6.45) is 0. The number of hydrogen-bond acceptors (Lipinski definition) is 2. The summed E-state index contributed by atoms with van der Waals surface area (Å²) in [7, 11) is 0. The average molecular weight is 264 g/mol. The lowest BCUT2D eigenvalue weighted by Crippen LogP contribution is -2.54. The van der Waals surface area contributed by atoms with Crippen LogP contribution in [0.5, 0.6) is 0 Å². The van der Waals surface area contributed by atoms with Crippen LogP contribution in [-0.4, -0.2) is 25.2 Å². The smallest absolute Gasteiger partial charge is 0.146 e. The van der Waals surface area contributed by atoms with Crippen molar-refractivity contribution in [3.63, 3.8) is 0 Å². The first-order valence-corrected chi connectivity index (χ1v) is 7.08. The van der Waals surface area contributed by atoms with Crippen LogP contribution < -0.4 is 10.2 Å². The molecule has 1 saturated heterocycles. The minimum absolute atomic E-state index is 0.0105. The van der Waals surface area contributed by atoms with E-state index in [4.69, 9.17) is 0 Å². The van der Waals surface area contributed by atoms with Crippen LogP contribution in [-0.2, 0) is 5.41 Å². The van der Waals surface area contributed by atoms with Crippen molar-refractivity contribution in [1.82, 2.24) is 5.32 Å². The first kappa shape index (κ1) is 14.3. The first-order chi connectivity index (χ1) is 8.77. The topological polar surface area (TPSA) is 15.3 Å². The van der Waals surface area contributed by atoms with Crippen LogP contribution in [0.3, 0.4) is 0 Å². The summed E-state index contributed by atoms with van der Waals surface area (Å²) in [6.45, 7) is 12.3. The Kier molecular flexibility index (Phi) is 3.86. The summed E-state index contributed by atoms with van der Waals surface area (Å²) in [4.78, 5) is 2.15. The van der Waals surface area contributed by atoms with Crippen molar-refractivity contribution in [3.8, 4) is 0 Å². The summed E-state index contributed by atoms with van der Waals surface area (Å²) in [6, 6.07) is 6.46. The number of piperazine rings is 1. The second-order valence-corrected chi connectivity index (χ2v) is 6.79. The molecule has 0 aromatic heterocycles. The normalized spacial score (nSPS) is 24.6. The van der Waals surface area contributed by atoms with E-state index in [1.807, 2.05) is 6.07 Å². The van der Waals surface area contributed by atoms with E-state index in [9.17, 15) is 4.39 Å². The maximum atomic E-state index is 14.4. The molecule has 1 aromatic rings. The van der Waals surface area contributed by atoms with E-state index in [-0.39, 0.29) is 11.2 Å². The molecule has 1 N–H and O–H groups in total. The molecule has 2 atom stereocenters. The van der Waals surface area contributed by atoms with Crippen molar-refractivity contribution in [2.45, 2.75) is 52.1 Å². The summed E-state index contributed by atoms with van der Waals surface area (Å²) in [5, 5.41) is 3.47. The SMILES string of the molecule is C[C@@H]1CN(c2ccc(C(C)(C)C)cc2F)C[C@H](C)N1. The summed E-state index contributed by atoms with van der Waals surface area (Å²) in [5.74, 6) is -0.103. The van der Waals surface area contributed by atoms with E-state index in [0.29, 0.717) is 12.1 Å². The van der Waals surface area contributed by atoms with Crippen LogP contribution in [0.25, 0.3) is 0 Å². The predicted molar refractivity (Wildman–Crippen MR) is 79.4 cm³/mol. The van der Waals surface area contributed by atoms with Crippen LogP contribution in [0.15, 0.2) is 18.2 Å². The van der Waals surface area contributed by atoms with Gasteiger partial charge in [0.25, 0.3) is 0 Å². The quantitative estimate of drug-likeness (QED) is 0.837. The minimum atomic E-state index is -0.103. The van der Waals surface area contributed by atoms with Crippen molar-refractivity contribution in [2.24, 2.45) is 0 Å². The fourth-order valence-electron chi connectivity index (χ4n) is 2.75. The lowest BCUT2D eigenvalue weighted by molar-refractivity contribution is 0.403. The third-order valence-electron chi connectivity index (χ3n) is 3.71. The van der Waals surface area contributed by atoms with Gasteiger partial charge in [-0.05, 0) is 37.0 Å². The van der Waals surface area contributed by atoms with Crippen molar-refractivity contribution < 1.29 is 4.39 Å². The zero-order chi connectivity index (χ0) is 14.2. The van der Waals surface area contributed by atoms with Gasteiger partial charge in [0.15, 0.2) is 0 Å². The van der Waals surface area contributed by atoms with E-state index in [2.05, 4.69) is 50.9 Å². The van der Waals surface area contributed by atoms with Crippen LogP contribution in [0, 0.1) is 5.82 Å². The molecule has 0 spiro atoms. The van der Waals surface area contributed by atoms with Crippen LogP contribution in [0.1, 0.15) is 40.2 Å². The molecule has 106 valence electrons. The maximum absolute atomic E-state index is 14.4. The molecule has 0 radical (unpaired) electrons. The number of benzene rings is 1. The van der Waals surface area contributed by atoms with Gasteiger partial charge in [-0.2, -0.15) is 0 Å². The lowest BCUT2D eigenvalue weighted by atomic mass is 9.87. The van der Waals surface area contributed by atoms with Gasteiger partial charge in [-0.1, -0.05) is 26.8 Å². The Bertz CT molecular complexity index is 441. The highest BCUT2D eigenvalue weighted by Crippen LogP contribution is 2.28. The van der Waals surface area contributed by atoms with Gasteiger partial charge in [-0.15, -0.1) is 0 Å². The Morgan fingerprint density at radius 2 is 1.74 bits per heavy atom. The largest absolute Gasteiger partial charge is 0.366 e. The van der Waals surface area contributed by atoms with Gasteiger partial charge in [-0.3, -0.25) is 0 Å². The molecule has 1 aliphatic rings. The highest BCUT2D eigenvalue weighted by atomic mass is 19.1. The highest BCUT2D eigenvalue weighted by molar-refractivity contribution is 5.51. The van der Waals surface area contributed by atoms with Gasteiger partial charge in [0, 0.05) is 25.2 Å². The highest BCUT2D eigenvalue weighted by Gasteiger charge is 2.24. The van der Waals surface area contributed by atoms with Crippen molar-refractivity contribution in [1.29, 1.82) is 0 Å². The number of halogens is 1. The monoisotopic (exact) mass is 264 g/mol. The number of anilines is 1. The van der Waals surface area contributed by atoms with Gasteiger partial charge < -0.3 is 10.2 Å². The van der Waals surface area contributed by atoms with E-state index in [1.54, 1.807) is 6.07 Å². The van der Waals surface area contributed by atoms with Crippen molar-refractivity contribution in [3.05, 3.63) is 29.6 Å². The van der Waals surface area contributed by atoms with Crippen molar-refractivity contribution >= 4 is 5.69 Å². The Labute approximate surface area is 116 Å². The molecule has 2 rings (SSSR count). The molecule has 19 heavy (non-hydrogen) atoms. The van der Waals surface area contributed by atoms with Crippen LogP contribution >= 0.6 is 0 Å². The Balaban J connectivity index is 2.26. The molecular formula is C16H25FN2. The molecule has 0 bridgehead atoms. The minimum Gasteiger partial charge on any atom is -0.366 e. The Morgan fingerprint density at radius 3 is 2.21 bits per heavy atom. The zero-order valence-corrected chi connectivity index (χ0v) is 12.6. The first-order valence-electron chi connectivity index (χ1n) is 7.08. The van der Waals surface area contributed by atoms with Gasteiger partial charge >= 0.3 is 0 Å². The molecule has 2 nitrogen and oxygen atoms in total. The van der Waals surface area contributed by atoms with Crippen molar-refractivity contribution in [2.75, 3.05) is 18.0 Å². The maximum Gasteiger partial charge on any atom is 0.146 e. The molecule has 0 unspecified atom stereocenters. The second kappa shape index (κ2) is 5.12. The third kappa shape index (κ3) is 3.27. The predicted octanol–water partition coefficient (Wildman–Crippen LogP) is 3.31. The average Bonchev–Trinajstić information content (AvgIpc) is 2.26. The number of nitrogens with one attached hydrogen (secondary N) is 1. The molecule has 0 saturated carbocycles. The van der Waals surface area contributed by atoms with E-state index in [0.717, 1.165) is 24.3 Å². The molecule has 0 aliphatic carbocycles. The lowest BCUT2D eigenvalue weighted by Gasteiger charge is -2.38. The van der Waals surface area contributed by atoms with Gasteiger partial charge in [0.05, 0.1) is 5.69 Å². The van der Waals surface area contributed by atoms with Gasteiger partial charge in [0.1, 0.15) is 5.82 Å². The zero-order valence-electron chi connectivity index (χ0n) is 12.6. The molecule has 1 fully saturated rings. The van der Waals surface area contributed by atoms with E-state index < -0.39 is 0 Å².